The molecule has 22 heavy (non-hydrogen) atoms. The van der Waals surface area contributed by atoms with E-state index in [9.17, 15) is 9.90 Å². The molecule has 1 aromatic rings. The molecule has 0 aliphatic rings. The highest BCUT2D eigenvalue weighted by atomic mass is 16.3. The van der Waals surface area contributed by atoms with E-state index in [0.717, 1.165) is 5.69 Å². The Kier molecular flexibility index (Phi) is 6.11. The van der Waals surface area contributed by atoms with Crippen molar-refractivity contribution >= 4 is 5.91 Å². The quantitative estimate of drug-likeness (QED) is 0.806. The van der Waals surface area contributed by atoms with Crippen molar-refractivity contribution in [3.8, 4) is 0 Å². The minimum absolute atomic E-state index is 0.0179. The van der Waals surface area contributed by atoms with Crippen LogP contribution in [0.15, 0.2) is 6.20 Å². The van der Waals surface area contributed by atoms with Gasteiger partial charge < -0.3 is 10.4 Å². The Morgan fingerprint density at radius 2 is 2.05 bits per heavy atom. The van der Waals surface area contributed by atoms with Crippen molar-refractivity contribution in [2.75, 3.05) is 0 Å². The standard InChI is InChI=1S/C16H30N4O2/c1-7-16(22,15(4,5)6)11-20-13(10-17-19-20)8-9-14(21)18-12(2)3/h10,12,22H,7-9,11H2,1-6H3,(H,18,21). The van der Waals surface area contributed by atoms with Crippen LogP contribution < -0.4 is 5.32 Å². The fourth-order valence-electron chi connectivity index (χ4n) is 2.37. The molecule has 0 aromatic carbocycles. The van der Waals surface area contributed by atoms with Gasteiger partial charge >= 0.3 is 0 Å². The number of carbonyl (C=O) groups excluding carboxylic acids is 1. The van der Waals surface area contributed by atoms with Crippen LogP contribution in [0.4, 0.5) is 0 Å². The Morgan fingerprint density at radius 3 is 2.55 bits per heavy atom. The minimum Gasteiger partial charge on any atom is -0.387 e. The maximum absolute atomic E-state index is 11.8. The van der Waals surface area contributed by atoms with E-state index < -0.39 is 5.60 Å². The van der Waals surface area contributed by atoms with Crippen LogP contribution >= 0.6 is 0 Å². The number of rotatable bonds is 7. The Morgan fingerprint density at radius 1 is 1.41 bits per heavy atom. The van der Waals surface area contributed by atoms with Crippen molar-refractivity contribution in [3.05, 3.63) is 11.9 Å². The number of hydrogen-bond donors (Lipinski definition) is 2. The van der Waals surface area contributed by atoms with E-state index in [2.05, 4.69) is 15.6 Å². The van der Waals surface area contributed by atoms with E-state index in [-0.39, 0.29) is 17.4 Å². The van der Waals surface area contributed by atoms with Crippen LogP contribution in [0.1, 0.15) is 60.1 Å². The highest BCUT2D eigenvalue weighted by Gasteiger charge is 2.39. The predicted molar refractivity (Wildman–Crippen MR) is 86.3 cm³/mol. The maximum atomic E-state index is 11.8. The SMILES string of the molecule is CCC(O)(Cn1nncc1CCC(=O)NC(C)C)C(C)(C)C. The van der Waals surface area contributed by atoms with Crippen molar-refractivity contribution < 1.29 is 9.90 Å². The highest BCUT2D eigenvalue weighted by molar-refractivity contribution is 5.76. The number of aryl methyl sites for hydroxylation is 1. The zero-order chi connectivity index (χ0) is 17.0. The van der Waals surface area contributed by atoms with Gasteiger partial charge in [-0.05, 0) is 32.1 Å². The van der Waals surface area contributed by atoms with E-state index >= 15 is 0 Å². The summed E-state index contributed by atoms with van der Waals surface area (Å²) in [6.45, 7) is 12.3. The molecule has 0 aliphatic carbocycles. The fraction of sp³-hybridized carbons (Fsp3) is 0.812. The van der Waals surface area contributed by atoms with E-state index in [4.69, 9.17) is 0 Å². The molecule has 6 heteroatoms. The van der Waals surface area contributed by atoms with Crippen molar-refractivity contribution in [1.82, 2.24) is 20.3 Å². The number of amides is 1. The average Bonchev–Trinajstić information content (AvgIpc) is 2.81. The molecule has 0 radical (unpaired) electrons. The molecule has 2 N–H and O–H groups in total. The molecule has 0 aliphatic heterocycles. The average molecular weight is 310 g/mol. The fourth-order valence-corrected chi connectivity index (χ4v) is 2.37. The van der Waals surface area contributed by atoms with Crippen molar-refractivity contribution in [2.24, 2.45) is 5.41 Å². The number of nitrogens with zero attached hydrogens (tertiary/aromatic N) is 3. The van der Waals surface area contributed by atoms with Crippen LogP contribution in [-0.4, -0.2) is 37.7 Å². The number of nitrogens with one attached hydrogen (secondary N) is 1. The topological polar surface area (TPSA) is 80.0 Å². The smallest absolute Gasteiger partial charge is 0.220 e. The molecule has 126 valence electrons. The predicted octanol–water partition coefficient (Wildman–Crippen LogP) is 1.92. The van der Waals surface area contributed by atoms with Gasteiger partial charge in [-0.2, -0.15) is 0 Å². The van der Waals surface area contributed by atoms with Gasteiger partial charge in [0, 0.05) is 12.5 Å². The molecule has 1 atom stereocenters. The van der Waals surface area contributed by atoms with E-state index in [0.29, 0.717) is 25.8 Å². The van der Waals surface area contributed by atoms with Crippen LogP contribution in [0.5, 0.6) is 0 Å². The summed E-state index contributed by atoms with van der Waals surface area (Å²) in [5.41, 5.74) is -0.259. The number of aliphatic hydroxyl groups is 1. The molecule has 0 fully saturated rings. The lowest BCUT2D eigenvalue weighted by atomic mass is 9.74. The third kappa shape index (κ3) is 4.80. The summed E-state index contributed by atoms with van der Waals surface area (Å²) in [5, 5.41) is 21.8. The summed E-state index contributed by atoms with van der Waals surface area (Å²) in [6.07, 6.45) is 3.26. The summed E-state index contributed by atoms with van der Waals surface area (Å²) in [6, 6.07) is 0.140. The summed E-state index contributed by atoms with van der Waals surface area (Å²) in [4.78, 5) is 11.8. The van der Waals surface area contributed by atoms with Crippen LogP contribution in [-0.2, 0) is 17.8 Å². The third-order valence-corrected chi connectivity index (χ3v) is 4.15. The maximum Gasteiger partial charge on any atom is 0.220 e. The molecule has 1 aromatic heterocycles. The molecule has 0 saturated carbocycles. The highest BCUT2D eigenvalue weighted by Crippen LogP contribution is 2.34. The van der Waals surface area contributed by atoms with E-state index in [1.54, 1.807) is 10.9 Å². The molecule has 0 bridgehead atoms. The number of carbonyl (C=O) groups is 1. The van der Waals surface area contributed by atoms with Gasteiger partial charge in [0.05, 0.1) is 24.0 Å². The number of aromatic nitrogens is 3. The van der Waals surface area contributed by atoms with Gasteiger partial charge in [-0.3, -0.25) is 4.79 Å². The molecular formula is C16H30N4O2. The van der Waals surface area contributed by atoms with Crippen LogP contribution in [0.25, 0.3) is 0 Å². The van der Waals surface area contributed by atoms with E-state index in [1.165, 1.54) is 0 Å². The van der Waals surface area contributed by atoms with Gasteiger partial charge in [0.15, 0.2) is 0 Å². The van der Waals surface area contributed by atoms with Gasteiger partial charge in [-0.15, -0.1) is 5.10 Å². The molecular weight excluding hydrogens is 280 g/mol. The largest absolute Gasteiger partial charge is 0.387 e. The summed E-state index contributed by atoms with van der Waals surface area (Å²) < 4.78 is 1.72. The Balaban J connectivity index is 2.75. The van der Waals surface area contributed by atoms with Gasteiger partial charge in [0.2, 0.25) is 5.91 Å². The molecule has 1 rings (SSSR count). The van der Waals surface area contributed by atoms with Gasteiger partial charge in [-0.25, -0.2) is 4.68 Å². The molecule has 0 spiro atoms. The zero-order valence-electron chi connectivity index (χ0n) is 14.7. The van der Waals surface area contributed by atoms with Gasteiger partial charge in [0.25, 0.3) is 0 Å². The lowest BCUT2D eigenvalue weighted by molar-refractivity contribution is -0.121. The molecule has 6 nitrogen and oxygen atoms in total. The lowest BCUT2D eigenvalue weighted by Crippen LogP contribution is -2.46. The first-order valence-electron chi connectivity index (χ1n) is 7.98. The Hall–Kier alpha value is -1.43. The van der Waals surface area contributed by atoms with Crippen molar-refractivity contribution in [2.45, 2.75) is 79.0 Å². The van der Waals surface area contributed by atoms with Crippen molar-refractivity contribution in [1.29, 1.82) is 0 Å². The monoisotopic (exact) mass is 310 g/mol. The van der Waals surface area contributed by atoms with Crippen LogP contribution in [0, 0.1) is 5.41 Å². The van der Waals surface area contributed by atoms with Crippen molar-refractivity contribution in [3.63, 3.8) is 0 Å². The molecule has 1 heterocycles. The second kappa shape index (κ2) is 7.22. The summed E-state index contributed by atoms with van der Waals surface area (Å²) >= 11 is 0. The molecule has 1 amide bonds. The normalized spacial score (nSPS) is 14.9. The van der Waals surface area contributed by atoms with Gasteiger partial charge in [-0.1, -0.05) is 32.9 Å². The molecule has 0 saturated heterocycles. The van der Waals surface area contributed by atoms with E-state index in [1.807, 2.05) is 41.5 Å². The van der Waals surface area contributed by atoms with Crippen LogP contribution in [0.2, 0.25) is 0 Å². The molecule has 1 unspecified atom stereocenters. The third-order valence-electron chi connectivity index (χ3n) is 4.15. The first-order chi connectivity index (χ1) is 10.1. The second-order valence-corrected chi connectivity index (χ2v) is 7.24. The first-order valence-corrected chi connectivity index (χ1v) is 7.98. The summed E-state index contributed by atoms with van der Waals surface area (Å²) in [5.74, 6) is 0.0179. The lowest BCUT2D eigenvalue weighted by Gasteiger charge is -2.39. The Bertz CT molecular complexity index is 491. The second-order valence-electron chi connectivity index (χ2n) is 7.24. The number of hydrogen-bond acceptors (Lipinski definition) is 4. The minimum atomic E-state index is -0.865. The first kappa shape index (κ1) is 18.6. The van der Waals surface area contributed by atoms with Gasteiger partial charge in [0.1, 0.15) is 0 Å². The Labute approximate surface area is 133 Å². The summed E-state index contributed by atoms with van der Waals surface area (Å²) in [7, 11) is 0. The van der Waals surface area contributed by atoms with Crippen LogP contribution in [0.3, 0.4) is 0 Å². The zero-order valence-corrected chi connectivity index (χ0v) is 14.7.